The lowest BCUT2D eigenvalue weighted by Crippen LogP contribution is -1.84. The maximum absolute atomic E-state index is 9.02. The van der Waals surface area contributed by atoms with Crippen molar-refractivity contribution in [2.45, 2.75) is 13.2 Å². The monoisotopic (exact) mass is 231 g/mol. The van der Waals surface area contributed by atoms with Gasteiger partial charge in [0.1, 0.15) is 6.61 Å². The Morgan fingerprint density at radius 1 is 1.24 bits per heavy atom. The van der Waals surface area contributed by atoms with Crippen molar-refractivity contribution in [3.8, 4) is 11.5 Å². The zero-order valence-electron chi connectivity index (χ0n) is 9.21. The second-order valence-electron chi connectivity index (χ2n) is 3.57. The Kier molecular flexibility index (Phi) is 3.57. The van der Waals surface area contributed by atoms with Crippen molar-refractivity contribution >= 4 is 0 Å². The number of aliphatic hydroxyl groups excluding tert-OH is 1. The molecule has 17 heavy (non-hydrogen) atoms. The highest BCUT2D eigenvalue weighted by atomic mass is 16.5. The number of fused-ring (bicyclic) bond motifs is 2. The number of nitrogens with zero attached hydrogens (tertiary/aromatic N) is 1. The molecule has 0 radical (unpaired) electrons. The third-order valence-electron chi connectivity index (χ3n) is 2.31. The van der Waals surface area contributed by atoms with Gasteiger partial charge >= 0.3 is 0 Å². The van der Waals surface area contributed by atoms with Crippen LogP contribution in [0.5, 0.6) is 11.5 Å². The van der Waals surface area contributed by atoms with E-state index in [1.165, 1.54) is 0 Å². The van der Waals surface area contributed by atoms with Gasteiger partial charge in [0.15, 0.2) is 11.5 Å². The minimum atomic E-state index is 0.0286. The third-order valence-corrected chi connectivity index (χ3v) is 2.31. The van der Waals surface area contributed by atoms with E-state index in [-0.39, 0.29) is 12.4 Å². The molecule has 1 aliphatic rings. The van der Waals surface area contributed by atoms with E-state index in [2.05, 4.69) is 4.98 Å². The summed E-state index contributed by atoms with van der Waals surface area (Å²) < 4.78 is 5.06. The van der Waals surface area contributed by atoms with Gasteiger partial charge in [0.05, 0.1) is 12.3 Å². The van der Waals surface area contributed by atoms with Crippen LogP contribution >= 0.6 is 0 Å². The predicted octanol–water partition coefficient (Wildman–Crippen LogP) is 1.86. The first-order valence-corrected chi connectivity index (χ1v) is 5.25. The van der Waals surface area contributed by atoms with E-state index in [4.69, 9.17) is 14.9 Å². The van der Waals surface area contributed by atoms with Crippen LogP contribution in [0, 0.1) is 0 Å². The van der Waals surface area contributed by atoms with Crippen LogP contribution in [0.1, 0.15) is 11.3 Å². The maximum atomic E-state index is 9.02. The number of phenolic OH excluding ortho intramolecular Hbond substituents is 1. The van der Waals surface area contributed by atoms with Crippen molar-refractivity contribution in [1.29, 1.82) is 0 Å². The molecule has 0 amide bonds. The number of pyridine rings is 1. The quantitative estimate of drug-likeness (QED) is 0.786. The average molecular weight is 231 g/mol. The van der Waals surface area contributed by atoms with Crippen molar-refractivity contribution < 1.29 is 14.9 Å². The average Bonchev–Trinajstić information content (AvgIpc) is 2.80. The molecule has 0 saturated carbocycles. The summed E-state index contributed by atoms with van der Waals surface area (Å²) in [6.07, 6.45) is 1.66. The summed E-state index contributed by atoms with van der Waals surface area (Å²) in [6, 6.07) is 10.8. The number of hydrogen-bond acceptors (Lipinski definition) is 4. The summed E-state index contributed by atoms with van der Waals surface area (Å²) in [6.45, 7) is 0.636. The van der Waals surface area contributed by atoms with E-state index in [0.717, 1.165) is 5.56 Å². The van der Waals surface area contributed by atoms with Crippen molar-refractivity contribution in [2.24, 2.45) is 0 Å². The van der Waals surface area contributed by atoms with E-state index in [9.17, 15) is 0 Å². The van der Waals surface area contributed by atoms with Crippen molar-refractivity contribution in [1.82, 2.24) is 4.98 Å². The van der Waals surface area contributed by atoms with Gasteiger partial charge in [-0.3, -0.25) is 4.98 Å². The van der Waals surface area contributed by atoms with Crippen LogP contribution < -0.4 is 4.74 Å². The summed E-state index contributed by atoms with van der Waals surface area (Å²) in [5.74, 6) is 0.837. The molecule has 2 aromatic rings. The van der Waals surface area contributed by atoms with E-state index in [1.807, 2.05) is 24.3 Å². The Morgan fingerprint density at radius 2 is 2.12 bits per heavy atom. The van der Waals surface area contributed by atoms with Crippen LogP contribution in [-0.4, -0.2) is 15.2 Å². The lowest BCUT2D eigenvalue weighted by Gasteiger charge is -1.93. The third kappa shape index (κ3) is 2.95. The van der Waals surface area contributed by atoms with Crippen molar-refractivity contribution in [3.05, 3.63) is 53.9 Å². The first kappa shape index (κ1) is 11.4. The summed E-state index contributed by atoms with van der Waals surface area (Å²) in [5, 5.41) is 17.5. The molecular formula is C13H13NO3. The van der Waals surface area contributed by atoms with Crippen LogP contribution in [0.3, 0.4) is 0 Å². The highest BCUT2D eigenvalue weighted by Gasteiger charge is 2.10. The molecular weight excluding hydrogens is 218 g/mol. The van der Waals surface area contributed by atoms with E-state index in [0.29, 0.717) is 18.1 Å². The zero-order valence-corrected chi connectivity index (χ0v) is 9.21. The highest BCUT2D eigenvalue weighted by molar-refractivity contribution is 5.44. The normalized spacial score (nSPS) is 11.4. The molecule has 4 nitrogen and oxygen atoms in total. The molecule has 0 saturated heterocycles. The van der Waals surface area contributed by atoms with Crippen LogP contribution in [0.2, 0.25) is 0 Å². The van der Waals surface area contributed by atoms with E-state index in [1.54, 1.807) is 18.3 Å². The van der Waals surface area contributed by atoms with Gasteiger partial charge in [0, 0.05) is 6.20 Å². The van der Waals surface area contributed by atoms with Gasteiger partial charge in [-0.15, -0.1) is 0 Å². The van der Waals surface area contributed by atoms with Gasteiger partial charge in [-0.1, -0.05) is 12.1 Å². The Balaban J connectivity index is 0.000000128. The summed E-state index contributed by atoms with van der Waals surface area (Å²) in [5.41, 5.74) is 1.84. The fourth-order valence-electron chi connectivity index (χ4n) is 1.42. The molecule has 2 heterocycles. The fraction of sp³-hybridized carbons (Fsp3) is 0.154. The summed E-state index contributed by atoms with van der Waals surface area (Å²) in [4.78, 5) is 3.85. The largest absolute Gasteiger partial charge is 0.504 e. The van der Waals surface area contributed by atoms with Crippen LogP contribution in [-0.2, 0) is 13.2 Å². The van der Waals surface area contributed by atoms with E-state index < -0.39 is 0 Å². The Labute approximate surface area is 99.1 Å². The number of ether oxygens (including phenoxy) is 1. The first-order valence-electron chi connectivity index (χ1n) is 5.25. The molecule has 0 atom stereocenters. The molecule has 0 fully saturated rings. The lowest BCUT2D eigenvalue weighted by molar-refractivity contribution is 0.277. The number of hydrogen-bond donors (Lipinski definition) is 2. The molecule has 0 aliphatic carbocycles. The van der Waals surface area contributed by atoms with Crippen molar-refractivity contribution in [2.75, 3.05) is 0 Å². The highest BCUT2D eigenvalue weighted by Crippen LogP contribution is 2.32. The van der Waals surface area contributed by atoms with Crippen LogP contribution in [0.4, 0.5) is 0 Å². The van der Waals surface area contributed by atoms with E-state index >= 15 is 0 Å². The topological polar surface area (TPSA) is 62.6 Å². The van der Waals surface area contributed by atoms with Crippen molar-refractivity contribution in [3.63, 3.8) is 0 Å². The molecule has 1 aromatic heterocycles. The molecule has 1 aromatic carbocycles. The number of aromatic hydroxyl groups is 1. The van der Waals surface area contributed by atoms with Gasteiger partial charge < -0.3 is 14.9 Å². The number of aliphatic hydroxyl groups is 1. The predicted molar refractivity (Wildman–Crippen MR) is 62.6 cm³/mol. The van der Waals surface area contributed by atoms with Crippen LogP contribution in [0.15, 0.2) is 42.6 Å². The lowest BCUT2D eigenvalue weighted by atomic mass is 10.2. The first-order chi connectivity index (χ1) is 8.29. The fourth-order valence-corrected chi connectivity index (χ4v) is 1.42. The van der Waals surface area contributed by atoms with Crippen LogP contribution in [0.25, 0.3) is 0 Å². The molecule has 1 aliphatic heterocycles. The Morgan fingerprint density at radius 3 is 2.71 bits per heavy atom. The minimum absolute atomic E-state index is 0.0286. The summed E-state index contributed by atoms with van der Waals surface area (Å²) in [7, 11) is 0. The molecule has 88 valence electrons. The van der Waals surface area contributed by atoms with Gasteiger partial charge in [-0.25, -0.2) is 0 Å². The van der Waals surface area contributed by atoms with Gasteiger partial charge in [0.25, 0.3) is 0 Å². The molecule has 0 unspecified atom stereocenters. The number of rotatable bonds is 1. The molecule has 0 spiro atoms. The second-order valence-corrected chi connectivity index (χ2v) is 3.57. The van der Waals surface area contributed by atoms with Gasteiger partial charge in [-0.05, 0) is 29.8 Å². The second kappa shape index (κ2) is 5.32. The molecule has 2 N–H and O–H groups in total. The number of phenols is 1. The SMILES string of the molecule is OCc1ccccn1.Oc1ccc2cc1OC2. The number of aromatic nitrogens is 1. The zero-order chi connectivity index (χ0) is 12.1. The standard InChI is InChI=1S/C7H6O2.C6H7NO/c8-6-2-1-5-3-7(6)9-4-5;8-5-6-3-1-2-4-7-6/h1-3,8H,4H2;1-4,8H,5H2. The Hall–Kier alpha value is -2.07. The maximum Gasteiger partial charge on any atom is 0.161 e. The number of benzene rings is 1. The van der Waals surface area contributed by atoms with Gasteiger partial charge in [-0.2, -0.15) is 0 Å². The smallest absolute Gasteiger partial charge is 0.161 e. The molecule has 2 bridgehead atoms. The minimum Gasteiger partial charge on any atom is -0.504 e. The molecule has 3 rings (SSSR count). The molecule has 4 heteroatoms. The Bertz CT molecular complexity index is 485. The van der Waals surface area contributed by atoms with Gasteiger partial charge in [0.2, 0.25) is 0 Å². The summed E-state index contributed by atoms with van der Waals surface area (Å²) >= 11 is 0.